The molecule has 1 atom stereocenters. The third-order valence-electron chi connectivity index (χ3n) is 4.34. The van der Waals surface area contributed by atoms with Gasteiger partial charge in [-0.1, -0.05) is 0 Å². The van der Waals surface area contributed by atoms with Gasteiger partial charge in [-0.05, 0) is 53.4 Å². The Hall–Kier alpha value is -1.85. The summed E-state index contributed by atoms with van der Waals surface area (Å²) in [6.07, 6.45) is 7.67. The van der Waals surface area contributed by atoms with E-state index in [1.807, 2.05) is 38.5 Å². The van der Waals surface area contributed by atoms with Crippen molar-refractivity contribution in [2.24, 2.45) is 0 Å². The molecule has 1 aliphatic rings. The van der Waals surface area contributed by atoms with Crippen LogP contribution in [0.15, 0.2) is 12.4 Å². The quantitative estimate of drug-likeness (QED) is 0.898. The molecule has 1 N–H and O–H groups in total. The molecule has 1 saturated heterocycles. The summed E-state index contributed by atoms with van der Waals surface area (Å²) in [6, 6.07) is -0.319. The van der Waals surface area contributed by atoms with E-state index in [2.05, 4.69) is 10.3 Å². The van der Waals surface area contributed by atoms with Gasteiger partial charge in [-0.25, -0.2) is 4.98 Å². The Kier molecular flexibility index (Phi) is 6.02. The second-order valence-corrected chi connectivity index (χ2v) is 7.61. The van der Waals surface area contributed by atoms with Crippen molar-refractivity contribution in [3.63, 3.8) is 0 Å². The van der Waals surface area contributed by atoms with E-state index in [4.69, 9.17) is 0 Å². The summed E-state index contributed by atoms with van der Waals surface area (Å²) in [7, 11) is 0. The first-order valence-electron chi connectivity index (χ1n) is 8.87. The highest BCUT2D eigenvalue weighted by atomic mass is 16.2. The minimum absolute atomic E-state index is 0.0268. The van der Waals surface area contributed by atoms with Crippen molar-refractivity contribution in [1.82, 2.24) is 19.8 Å². The van der Waals surface area contributed by atoms with Gasteiger partial charge in [0.1, 0.15) is 11.9 Å². The molecule has 0 unspecified atom stereocenters. The van der Waals surface area contributed by atoms with Crippen molar-refractivity contribution in [3.05, 3.63) is 18.2 Å². The van der Waals surface area contributed by atoms with Crippen molar-refractivity contribution < 1.29 is 9.59 Å². The van der Waals surface area contributed by atoms with Gasteiger partial charge in [0.2, 0.25) is 11.8 Å². The maximum absolute atomic E-state index is 12.6. The molecule has 0 saturated carbocycles. The summed E-state index contributed by atoms with van der Waals surface area (Å²) in [4.78, 5) is 31.1. The average Bonchev–Trinajstić information content (AvgIpc) is 2.91. The van der Waals surface area contributed by atoms with Crippen molar-refractivity contribution >= 4 is 11.8 Å². The van der Waals surface area contributed by atoms with Gasteiger partial charge < -0.3 is 14.8 Å². The van der Waals surface area contributed by atoms with Gasteiger partial charge in [0.15, 0.2) is 0 Å². The molecule has 1 aromatic rings. The number of amides is 2. The summed E-state index contributed by atoms with van der Waals surface area (Å²) >= 11 is 0. The van der Waals surface area contributed by atoms with Crippen LogP contribution in [-0.2, 0) is 16.1 Å². The van der Waals surface area contributed by atoms with E-state index >= 15 is 0 Å². The van der Waals surface area contributed by atoms with Gasteiger partial charge >= 0.3 is 0 Å². The molecule has 2 amide bonds. The number of hydrogen-bond acceptors (Lipinski definition) is 3. The van der Waals surface area contributed by atoms with Crippen LogP contribution in [0.1, 0.15) is 58.7 Å². The summed E-state index contributed by atoms with van der Waals surface area (Å²) in [5.74, 6) is 1.02. The molecule has 1 fully saturated rings. The Morgan fingerprint density at radius 1 is 1.33 bits per heavy atom. The fourth-order valence-corrected chi connectivity index (χ4v) is 3.14. The third kappa shape index (κ3) is 5.08. The number of nitrogens with one attached hydrogen (secondary N) is 1. The molecule has 2 rings (SSSR count). The molecule has 0 aromatic carbocycles. The number of nitrogens with zero attached hydrogens (tertiary/aromatic N) is 3. The van der Waals surface area contributed by atoms with E-state index in [9.17, 15) is 9.59 Å². The highest BCUT2D eigenvalue weighted by Crippen LogP contribution is 2.19. The number of imidazole rings is 1. The molecule has 6 heteroatoms. The van der Waals surface area contributed by atoms with E-state index in [-0.39, 0.29) is 23.4 Å². The number of likely N-dealkylation sites (tertiary alicyclic amines) is 1. The lowest BCUT2D eigenvalue weighted by Gasteiger charge is -2.36. The molecule has 24 heavy (non-hydrogen) atoms. The second kappa shape index (κ2) is 7.81. The predicted molar refractivity (Wildman–Crippen MR) is 93.4 cm³/mol. The predicted octanol–water partition coefficient (Wildman–Crippen LogP) is 2.27. The Labute approximate surface area is 144 Å². The number of piperidine rings is 1. The molecule has 0 spiro atoms. The normalized spacial score (nSPS) is 18.5. The highest BCUT2D eigenvalue weighted by Gasteiger charge is 2.33. The maximum Gasteiger partial charge on any atom is 0.243 e. The number of hydrogen-bond donors (Lipinski definition) is 1. The monoisotopic (exact) mass is 334 g/mol. The van der Waals surface area contributed by atoms with Crippen LogP contribution in [0.4, 0.5) is 0 Å². The standard InChI is InChI=1S/C18H30N4O2/c1-14-19-10-13-21(14)11-7-9-16(23)22-12-6-5-8-15(22)17(24)20-18(2,3)4/h10,13,15H,5-9,11-12H2,1-4H3,(H,20,24)/t15-/m0/s1. The molecular formula is C18H30N4O2. The van der Waals surface area contributed by atoms with Gasteiger partial charge in [0.05, 0.1) is 0 Å². The zero-order chi connectivity index (χ0) is 17.7. The van der Waals surface area contributed by atoms with Gasteiger partial charge in [0.25, 0.3) is 0 Å². The third-order valence-corrected chi connectivity index (χ3v) is 4.34. The van der Waals surface area contributed by atoms with E-state index in [1.54, 1.807) is 11.1 Å². The van der Waals surface area contributed by atoms with Crippen LogP contribution in [0.25, 0.3) is 0 Å². The zero-order valence-electron chi connectivity index (χ0n) is 15.3. The summed E-state index contributed by atoms with van der Waals surface area (Å²) < 4.78 is 2.05. The van der Waals surface area contributed by atoms with Crippen molar-refractivity contribution in [1.29, 1.82) is 0 Å². The van der Waals surface area contributed by atoms with Crippen LogP contribution in [0.2, 0.25) is 0 Å². The van der Waals surface area contributed by atoms with E-state index in [1.165, 1.54) is 0 Å². The molecule has 0 radical (unpaired) electrons. The Balaban J connectivity index is 1.90. The van der Waals surface area contributed by atoms with E-state index in [0.717, 1.165) is 38.1 Å². The average molecular weight is 334 g/mol. The number of rotatable bonds is 5. The van der Waals surface area contributed by atoms with Crippen molar-refractivity contribution in [3.8, 4) is 0 Å². The van der Waals surface area contributed by atoms with Gasteiger partial charge in [-0.15, -0.1) is 0 Å². The number of aryl methyl sites for hydroxylation is 2. The first kappa shape index (κ1) is 18.5. The summed E-state index contributed by atoms with van der Waals surface area (Å²) in [6.45, 7) is 9.32. The van der Waals surface area contributed by atoms with Crippen LogP contribution in [-0.4, -0.2) is 44.4 Å². The highest BCUT2D eigenvalue weighted by molar-refractivity contribution is 5.88. The van der Waals surface area contributed by atoms with Gasteiger partial charge in [0, 0.05) is 37.4 Å². The fourth-order valence-electron chi connectivity index (χ4n) is 3.14. The minimum Gasteiger partial charge on any atom is -0.350 e. The smallest absolute Gasteiger partial charge is 0.243 e. The van der Waals surface area contributed by atoms with E-state index in [0.29, 0.717) is 13.0 Å². The maximum atomic E-state index is 12.6. The number of carbonyl (C=O) groups is 2. The summed E-state index contributed by atoms with van der Waals surface area (Å²) in [5.41, 5.74) is -0.276. The van der Waals surface area contributed by atoms with Crippen LogP contribution in [0, 0.1) is 6.92 Å². The van der Waals surface area contributed by atoms with Crippen LogP contribution < -0.4 is 5.32 Å². The topological polar surface area (TPSA) is 67.2 Å². The lowest BCUT2D eigenvalue weighted by Crippen LogP contribution is -2.55. The van der Waals surface area contributed by atoms with Crippen LogP contribution >= 0.6 is 0 Å². The number of carbonyl (C=O) groups excluding carboxylic acids is 2. The Morgan fingerprint density at radius 2 is 2.08 bits per heavy atom. The van der Waals surface area contributed by atoms with Gasteiger partial charge in [-0.2, -0.15) is 0 Å². The zero-order valence-corrected chi connectivity index (χ0v) is 15.3. The molecule has 1 aliphatic heterocycles. The molecule has 1 aromatic heterocycles. The Bertz CT molecular complexity index is 574. The SMILES string of the molecule is Cc1nccn1CCCC(=O)N1CCCC[C@H]1C(=O)NC(C)(C)C. The summed E-state index contributed by atoms with van der Waals surface area (Å²) in [5, 5.41) is 3.01. The van der Waals surface area contributed by atoms with Crippen molar-refractivity contribution in [2.45, 2.75) is 77.9 Å². The number of aromatic nitrogens is 2. The van der Waals surface area contributed by atoms with Crippen molar-refractivity contribution in [2.75, 3.05) is 6.54 Å². The first-order chi connectivity index (χ1) is 11.3. The lowest BCUT2D eigenvalue weighted by molar-refractivity contribution is -0.143. The van der Waals surface area contributed by atoms with Crippen LogP contribution in [0.3, 0.4) is 0 Å². The Morgan fingerprint density at radius 3 is 2.71 bits per heavy atom. The minimum atomic E-state index is -0.319. The molecular weight excluding hydrogens is 304 g/mol. The molecule has 6 nitrogen and oxygen atoms in total. The fraction of sp³-hybridized carbons (Fsp3) is 0.722. The van der Waals surface area contributed by atoms with E-state index < -0.39 is 0 Å². The molecule has 0 bridgehead atoms. The second-order valence-electron chi connectivity index (χ2n) is 7.61. The van der Waals surface area contributed by atoms with Crippen LogP contribution in [0.5, 0.6) is 0 Å². The largest absolute Gasteiger partial charge is 0.350 e. The molecule has 0 aliphatic carbocycles. The van der Waals surface area contributed by atoms with Gasteiger partial charge in [-0.3, -0.25) is 9.59 Å². The molecule has 2 heterocycles. The lowest BCUT2D eigenvalue weighted by atomic mass is 9.99. The first-order valence-corrected chi connectivity index (χ1v) is 8.87. The molecule has 134 valence electrons.